The first-order valence-electron chi connectivity index (χ1n) is 6.00. The van der Waals surface area contributed by atoms with Gasteiger partial charge in [0.2, 0.25) is 0 Å². The molecule has 0 amide bonds. The molecule has 2 rings (SSSR count). The fourth-order valence-corrected chi connectivity index (χ4v) is 3.29. The summed E-state index contributed by atoms with van der Waals surface area (Å²) in [4.78, 5) is 3.95. The van der Waals surface area contributed by atoms with Crippen molar-refractivity contribution in [2.45, 2.75) is 38.8 Å². The zero-order valence-corrected chi connectivity index (χ0v) is 10.9. The zero-order valence-electron chi connectivity index (χ0n) is 10.1. The third-order valence-corrected chi connectivity index (χ3v) is 4.42. The molecule has 2 heterocycles. The molecule has 1 aliphatic rings. The Kier molecular flexibility index (Phi) is 4.02. The van der Waals surface area contributed by atoms with E-state index >= 15 is 0 Å². The monoisotopic (exact) mass is 253 g/mol. The van der Waals surface area contributed by atoms with Gasteiger partial charge in [-0.25, -0.2) is 0 Å². The van der Waals surface area contributed by atoms with Gasteiger partial charge in [-0.2, -0.15) is 0 Å². The summed E-state index contributed by atoms with van der Waals surface area (Å²) < 4.78 is 0. The van der Waals surface area contributed by atoms with Gasteiger partial charge in [-0.05, 0) is 29.9 Å². The van der Waals surface area contributed by atoms with Gasteiger partial charge < -0.3 is 10.9 Å². The third-order valence-electron chi connectivity index (χ3n) is 3.40. The SMILES string of the molecule is CCC(C/C(N)=N/O)N1CCc2sccc2C1. The van der Waals surface area contributed by atoms with Crippen molar-refractivity contribution < 1.29 is 5.21 Å². The number of nitrogens with two attached hydrogens (primary N) is 1. The van der Waals surface area contributed by atoms with Crippen LogP contribution in [0.25, 0.3) is 0 Å². The molecule has 4 nitrogen and oxygen atoms in total. The Morgan fingerprint density at radius 2 is 2.53 bits per heavy atom. The molecule has 0 bridgehead atoms. The maximum Gasteiger partial charge on any atom is 0.140 e. The van der Waals surface area contributed by atoms with E-state index in [1.165, 1.54) is 10.4 Å². The summed E-state index contributed by atoms with van der Waals surface area (Å²) in [6.45, 7) is 4.22. The van der Waals surface area contributed by atoms with Gasteiger partial charge >= 0.3 is 0 Å². The molecule has 1 unspecified atom stereocenters. The first-order valence-corrected chi connectivity index (χ1v) is 6.88. The minimum Gasteiger partial charge on any atom is -0.409 e. The minimum atomic E-state index is 0.327. The number of amidine groups is 1. The Labute approximate surface area is 106 Å². The van der Waals surface area contributed by atoms with E-state index in [0.717, 1.165) is 25.9 Å². The lowest BCUT2D eigenvalue weighted by Crippen LogP contribution is -2.40. The van der Waals surface area contributed by atoms with Crippen molar-refractivity contribution in [3.8, 4) is 0 Å². The van der Waals surface area contributed by atoms with E-state index in [4.69, 9.17) is 10.9 Å². The van der Waals surface area contributed by atoms with E-state index < -0.39 is 0 Å². The third kappa shape index (κ3) is 2.79. The van der Waals surface area contributed by atoms with Crippen molar-refractivity contribution in [1.82, 2.24) is 4.90 Å². The predicted molar refractivity (Wildman–Crippen MR) is 70.5 cm³/mol. The van der Waals surface area contributed by atoms with Crippen LogP contribution < -0.4 is 5.73 Å². The molecule has 0 radical (unpaired) electrons. The first kappa shape index (κ1) is 12.4. The maximum atomic E-state index is 8.65. The number of fused-ring (bicyclic) bond motifs is 1. The minimum absolute atomic E-state index is 0.327. The Morgan fingerprint density at radius 1 is 1.71 bits per heavy atom. The van der Waals surface area contributed by atoms with Gasteiger partial charge in [0, 0.05) is 30.4 Å². The average molecular weight is 253 g/mol. The maximum absolute atomic E-state index is 8.65. The quantitative estimate of drug-likeness (QED) is 0.373. The van der Waals surface area contributed by atoms with Crippen LogP contribution >= 0.6 is 11.3 Å². The average Bonchev–Trinajstić information content (AvgIpc) is 2.82. The lowest BCUT2D eigenvalue weighted by atomic mass is 10.0. The molecule has 0 spiro atoms. The van der Waals surface area contributed by atoms with Crippen LogP contribution in [0.4, 0.5) is 0 Å². The Balaban J connectivity index is 2.03. The standard InChI is InChI=1S/C12H19N3OS/c1-2-10(7-12(13)14-16)15-5-3-11-9(8-15)4-6-17-11/h4,6,10,16H,2-3,5,7-8H2,1H3,(H2,13,14). The van der Waals surface area contributed by atoms with Crippen molar-refractivity contribution in [1.29, 1.82) is 0 Å². The van der Waals surface area contributed by atoms with Gasteiger partial charge in [0.1, 0.15) is 5.84 Å². The highest BCUT2D eigenvalue weighted by Gasteiger charge is 2.23. The highest BCUT2D eigenvalue weighted by Crippen LogP contribution is 2.26. The van der Waals surface area contributed by atoms with E-state index in [2.05, 4.69) is 28.4 Å². The van der Waals surface area contributed by atoms with Crippen LogP contribution in [0, 0.1) is 0 Å². The van der Waals surface area contributed by atoms with Crippen LogP contribution in [0.15, 0.2) is 16.6 Å². The lowest BCUT2D eigenvalue weighted by molar-refractivity contribution is 0.177. The second-order valence-corrected chi connectivity index (χ2v) is 5.45. The molecule has 0 saturated carbocycles. The Morgan fingerprint density at radius 3 is 3.24 bits per heavy atom. The van der Waals surface area contributed by atoms with Crippen molar-refractivity contribution in [2.24, 2.45) is 10.9 Å². The smallest absolute Gasteiger partial charge is 0.140 e. The van der Waals surface area contributed by atoms with Crippen LogP contribution in [-0.4, -0.2) is 28.5 Å². The Hall–Kier alpha value is -1.07. The Bertz CT molecular complexity index is 402. The molecule has 1 aromatic rings. The summed E-state index contributed by atoms with van der Waals surface area (Å²) in [6, 6.07) is 2.58. The van der Waals surface area contributed by atoms with Gasteiger partial charge in [0.15, 0.2) is 0 Å². The van der Waals surface area contributed by atoms with E-state index in [-0.39, 0.29) is 0 Å². The summed E-state index contributed by atoms with van der Waals surface area (Å²) in [6.07, 6.45) is 2.79. The summed E-state index contributed by atoms with van der Waals surface area (Å²) in [5.41, 5.74) is 7.05. The molecule has 1 atom stereocenters. The van der Waals surface area contributed by atoms with Crippen LogP contribution in [0.5, 0.6) is 0 Å². The molecule has 0 aromatic carbocycles. The van der Waals surface area contributed by atoms with Gasteiger partial charge in [-0.15, -0.1) is 11.3 Å². The molecule has 17 heavy (non-hydrogen) atoms. The highest BCUT2D eigenvalue weighted by atomic mass is 32.1. The zero-order chi connectivity index (χ0) is 12.3. The second-order valence-electron chi connectivity index (χ2n) is 4.45. The van der Waals surface area contributed by atoms with Crippen LogP contribution in [0.1, 0.15) is 30.2 Å². The molecular weight excluding hydrogens is 234 g/mol. The molecule has 1 aromatic heterocycles. The molecule has 0 saturated heterocycles. The highest BCUT2D eigenvalue weighted by molar-refractivity contribution is 7.10. The van der Waals surface area contributed by atoms with Crippen LogP contribution in [0.2, 0.25) is 0 Å². The lowest BCUT2D eigenvalue weighted by Gasteiger charge is -2.33. The topological polar surface area (TPSA) is 61.9 Å². The predicted octanol–water partition coefficient (Wildman–Crippen LogP) is 2.02. The van der Waals surface area contributed by atoms with E-state index in [1.807, 2.05) is 11.3 Å². The van der Waals surface area contributed by atoms with E-state index in [1.54, 1.807) is 0 Å². The summed E-state index contributed by atoms with van der Waals surface area (Å²) >= 11 is 1.85. The molecule has 94 valence electrons. The number of rotatable bonds is 4. The molecule has 0 fully saturated rings. The van der Waals surface area contributed by atoms with Gasteiger partial charge in [0.05, 0.1) is 0 Å². The second kappa shape index (κ2) is 5.51. The molecule has 1 aliphatic heterocycles. The fourth-order valence-electron chi connectivity index (χ4n) is 2.40. The number of oxime groups is 1. The van der Waals surface area contributed by atoms with Crippen LogP contribution in [0.3, 0.4) is 0 Å². The number of hydrogen-bond acceptors (Lipinski definition) is 4. The number of hydrogen-bond donors (Lipinski definition) is 2. The van der Waals surface area contributed by atoms with E-state index in [0.29, 0.717) is 18.3 Å². The van der Waals surface area contributed by atoms with Gasteiger partial charge in [-0.1, -0.05) is 12.1 Å². The fraction of sp³-hybridized carbons (Fsp3) is 0.583. The molecule has 3 N–H and O–H groups in total. The van der Waals surface area contributed by atoms with Gasteiger partial charge in [-0.3, -0.25) is 4.90 Å². The summed E-state index contributed by atoms with van der Waals surface area (Å²) in [7, 11) is 0. The number of nitrogens with zero attached hydrogens (tertiary/aromatic N) is 2. The van der Waals surface area contributed by atoms with Crippen molar-refractivity contribution in [2.75, 3.05) is 6.54 Å². The van der Waals surface area contributed by atoms with Crippen molar-refractivity contribution in [3.05, 3.63) is 21.9 Å². The van der Waals surface area contributed by atoms with Gasteiger partial charge in [0.25, 0.3) is 0 Å². The first-order chi connectivity index (χ1) is 8.24. The summed E-state index contributed by atoms with van der Waals surface area (Å²) in [5, 5.41) is 13.9. The van der Waals surface area contributed by atoms with E-state index in [9.17, 15) is 0 Å². The molecule has 0 aliphatic carbocycles. The normalized spacial score (nSPS) is 19.0. The van der Waals surface area contributed by atoms with Crippen molar-refractivity contribution in [3.63, 3.8) is 0 Å². The number of thiophene rings is 1. The largest absolute Gasteiger partial charge is 0.409 e. The van der Waals surface area contributed by atoms with Crippen LogP contribution in [-0.2, 0) is 13.0 Å². The molecule has 5 heteroatoms. The van der Waals surface area contributed by atoms with Crippen molar-refractivity contribution >= 4 is 17.2 Å². The summed E-state index contributed by atoms with van der Waals surface area (Å²) in [5.74, 6) is 0.327. The molecular formula is C12H19N3OS.